The molecule has 126 valence electrons. The first kappa shape index (κ1) is 17.6. The topological polar surface area (TPSA) is 74.1 Å². The second-order valence-electron chi connectivity index (χ2n) is 5.55. The highest BCUT2D eigenvalue weighted by Gasteiger charge is 2.04. The van der Waals surface area contributed by atoms with E-state index in [0.29, 0.717) is 6.42 Å². The fourth-order valence-corrected chi connectivity index (χ4v) is 2.61. The van der Waals surface area contributed by atoms with Gasteiger partial charge >= 0.3 is 0 Å². The predicted molar refractivity (Wildman–Crippen MR) is 89.1 cm³/mol. The predicted octanol–water partition coefficient (Wildman–Crippen LogP) is 2.52. The Kier molecular flexibility index (Phi) is 6.29. The lowest BCUT2D eigenvalue weighted by atomic mass is 10.1. The van der Waals surface area contributed by atoms with E-state index in [9.17, 15) is 8.42 Å². The molecule has 0 aliphatic heterocycles. The Morgan fingerprint density at radius 3 is 2.52 bits per heavy atom. The van der Waals surface area contributed by atoms with Crippen LogP contribution in [0.25, 0.3) is 5.69 Å². The molecule has 1 aromatic heterocycles. The fraction of sp³-hybridized carbons (Fsp3) is 0.500. The van der Waals surface area contributed by atoms with Crippen LogP contribution in [0.2, 0.25) is 0 Å². The van der Waals surface area contributed by atoms with Crippen molar-refractivity contribution in [2.45, 2.75) is 39.0 Å². The van der Waals surface area contributed by atoms with Gasteiger partial charge in [-0.2, -0.15) is 8.42 Å². The van der Waals surface area contributed by atoms with E-state index < -0.39 is 10.1 Å². The highest BCUT2D eigenvalue weighted by molar-refractivity contribution is 7.85. The number of aromatic nitrogens is 3. The van der Waals surface area contributed by atoms with Crippen LogP contribution in [0.4, 0.5) is 0 Å². The zero-order valence-corrected chi connectivity index (χ0v) is 14.4. The molecule has 0 aliphatic carbocycles. The fourth-order valence-electron chi connectivity index (χ4n) is 2.22. The van der Waals surface area contributed by atoms with Gasteiger partial charge in [0.15, 0.2) is 0 Å². The van der Waals surface area contributed by atoms with E-state index >= 15 is 0 Å². The van der Waals surface area contributed by atoms with Gasteiger partial charge in [-0.05, 0) is 37.0 Å². The molecular weight excluding hydrogens is 314 g/mol. The van der Waals surface area contributed by atoms with Gasteiger partial charge < -0.3 is 0 Å². The average Bonchev–Trinajstić information content (AvgIpc) is 2.96. The maximum atomic E-state index is 10.9. The quantitative estimate of drug-likeness (QED) is 0.519. The Balaban J connectivity index is 1.91. The van der Waals surface area contributed by atoms with Crippen LogP contribution < -0.4 is 0 Å². The van der Waals surface area contributed by atoms with Gasteiger partial charge in [-0.25, -0.2) is 4.68 Å². The number of benzene rings is 1. The maximum absolute atomic E-state index is 10.9. The molecule has 6 nitrogen and oxygen atoms in total. The number of hydrogen-bond acceptors (Lipinski definition) is 5. The third kappa shape index (κ3) is 6.11. The van der Waals surface area contributed by atoms with Crippen molar-refractivity contribution < 1.29 is 12.6 Å². The van der Waals surface area contributed by atoms with Crippen LogP contribution in [0.5, 0.6) is 0 Å². The average molecular weight is 337 g/mol. The number of aryl methyl sites for hydroxylation is 1. The summed E-state index contributed by atoms with van der Waals surface area (Å²) >= 11 is 0. The summed E-state index contributed by atoms with van der Waals surface area (Å²) in [5.74, 6) is 0. The van der Waals surface area contributed by atoms with Crippen molar-refractivity contribution in [1.82, 2.24) is 15.0 Å². The summed E-state index contributed by atoms with van der Waals surface area (Å²) in [7, 11) is -3.37. The van der Waals surface area contributed by atoms with Crippen LogP contribution in [0.15, 0.2) is 30.5 Å². The molecule has 0 saturated heterocycles. The van der Waals surface area contributed by atoms with Gasteiger partial charge in [-0.15, -0.1) is 5.10 Å². The molecule has 1 heterocycles. The Hall–Kier alpha value is -1.73. The van der Waals surface area contributed by atoms with Crippen molar-refractivity contribution in [2.75, 3.05) is 12.9 Å². The molecule has 1 aromatic carbocycles. The molecule has 0 unspecified atom stereocenters. The maximum Gasteiger partial charge on any atom is 0.264 e. The summed E-state index contributed by atoms with van der Waals surface area (Å²) < 4.78 is 28.3. The van der Waals surface area contributed by atoms with Crippen molar-refractivity contribution in [1.29, 1.82) is 0 Å². The molecule has 0 bridgehead atoms. The molecule has 0 fully saturated rings. The molecule has 23 heavy (non-hydrogen) atoms. The Bertz CT molecular complexity index is 708. The summed E-state index contributed by atoms with van der Waals surface area (Å²) in [6.07, 6.45) is 8.04. The molecule has 0 atom stereocenters. The van der Waals surface area contributed by atoms with Crippen LogP contribution in [-0.2, 0) is 27.1 Å². The van der Waals surface area contributed by atoms with Crippen molar-refractivity contribution in [3.05, 3.63) is 41.7 Å². The zero-order valence-electron chi connectivity index (χ0n) is 13.6. The van der Waals surface area contributed by atoms with E-state index in [4.69, 9.17) is 4.18 Å². The highest BCUT2D eigenvalue weighted by Crippen LogP contribution is 2.11. The third-order valence-corrected chi connectivity index (χ3v) is 4.06. The van der Waals surface area contributed by atoms with Gasteiger partial charge in [-0.1, -0.05) is 37.1 Å². The molecule has 2 rings (SSSR count). The minimum absolute atomic E-state index is 0.156. The molecule has 2 aromatic rings. The van der Waals surface area contributed by atoms with Crippen LogP contribution >= 0.6 is 0 Å². The lowest BCUT2D eigenvalue weighted by Crippen LogP contribution is -2.06. The van der Waals surface area contributed by atoms with E-state index in [2.05, 4.69) is 17.2 Å². The first-order chi connectivity index (χ1) is 11.0. The molecule has 0 N–H and O–H groups in total. The second-order valence-corrected chi connectivity index (χ2v) is 7.20. The first-order valence-electron chi connectivity index (χ1n) is 7.83. The van der Waals surface area contributed by atoms with Gasteiger partial charge in [0.25, 0.3) is 10.1 Å². The smallest absolute Gasteiger partial charge is 0.264 e. The Morgan fingerprint density at radius 1 is 1.13 bits per heavy atom. The van der Waals surface area contributed by atoms with Crippen LogP contribution in [-0.4, -0.2) is 36.3 Å². The molecule has 0 radical (unpaired) electrons. The van der Waals surface area contributed by atoms with Gasteiger partial charge in [0.1, 0.15) is 0 Å². The van der Waals surface area contributed by atoms with Crippen molar-refractivity contribution >= 4 is 10.1 Å². The SMILES string of the molecule is CCCCCc1cn(-c2ccc(CCOS(C)(=O)=O)cc2)nn1. The molecule has 7 heteroatoms. The van der Waals surface area contributed by atoms with Crippen molar-refractivity contribution in [3.63, 3.8) is 0 Å². The third-order valence-electron chi connectivity index (χ3n) is 3.47. The number of nitrogens with zero attached hydrogens (tertiary/aromatic N) is 3. The molecule has 0 aliphatic rings. The van der Waals surface area contributed by atoms with Crippen molar-refractivity contribution in [3.8, 4) is 5.69 Å². The van der Waals surface area contributed by atoms with Crippen LogP contribution in [0.1, 0.15) is 37.4 Å². The Morgan fingerprint density at radius 2 is 1.87 bits per heavy atom. The van der Waals surface area contributed by atoms with Crippen molar-refractivity contribution in [2.24, 2.45) is 0 Å². The minimum Gasteiger partial charge on any atom is -0.270 e. The summed E-state index contributed by atoms with van der Waals surface area (Å²) in [5.41, 5.74) is 2.96. The largest absolute Gasteiger partial charge is 0.270 e. The van der Waals surface area contributed by atoms with Crippen LogP contribution in [0, 0.1) is 0 Å². The summed E-state index contributed by atoms with van der Waals surface area (Å²) in [4.78, 5) is 0. The second kappa shape index (κ2) is 8.21. The van der Waals surface area contributed by atoms with Gasteiger partial charge in [0, 0.05) is 0 Å². The Labute approximate surface area is 137 Å². The lowest BCUT2D eigenvalue weighted by molar-refractivity contribution is 0.326. The monoisotopic (exact) mass is 337 g/mol. The number of rotatable bonds is 9. The van der Waals surface area contributed by atoms with E-state index in [1.807, 2.05) is 30.5 Å². The molecule has 0 spiro atoms. The standard InChI is InChI=1S/C16H23N3O3S/c1-3-4-5-6-15-13-19(18-17-15)16-9-7-14(8-10-16)11-12-22-23(2,20)21/h7-10,13H,3-6,11-12H2,1-2H3. The first-order valence-corrected chi connectivity index (χ1v) is 9.64. The highest BCUT2D eigenvalue weighted by atomic mass is 32.2. The van der Waals surface area contributed by atoms with Gasteiger partial charge in [-0.3, -0.25) is 4.18 Å². The normalized spacial score (nSPS) is 11.7. The van der Waals surface area contributed by atoms with E-state index in [1.165, 1.54) is 12.8 Å². The minimum atomic E-state index is -3.37. The zero-order chi connectivity index (χ0) is 16.7. The number of hydrogen-bond donors (Lipinski definition) is 0. The van der Waals surface area contributed by atoms with Crippen LogP contribution in [0.3, 0.4) is 0 Å². The van der Waals surface area contributed by atoms with E-state index in [1.54, 1.807) is 4.68 Å². The number of unbranched alkanes of at least 4 members (excludes halogenated alkanes) is 2. The summed E-state index contributed by atoms with van der Waals surface area (Å²) in [6, 6.07) is 7.78. The lowest BCUT2D eigenvalue weighted by Gasteiger charge is -2.04. The van der Waals surface area contributed by atoms with E-state index in [-0.39, 0.29) is 6.61 Å². The van der Waals surface area contributed by atoms with E-state index in [0.717, 1.165) is 36.0 Å². The molecule has 0 saturated carbocycles. The summed E-state index contributed by atoms with van der Waals surface area (Å²) in [6.45, 7) is 2.34. The van der Waals surface area contributed by atoms with Gasteiger partial charge in [0.2, 0.25) is 0 Å². The molecule has 0 amide bonds. The summed E-state index contributed by atoms with van der Waals surface area (Å²) in [5, 5.41) is 8.34. The van der Waals surface area contributed by atoms with Gasteiger partial charge in [0.05, 0.1) is 30.4 Å². The molecular formula is C16H23N3O3S.